The number of rotatable bonds is 4. The summed E-state index contributed by atoms with van der Waals surface area (Å²) in [7, 11) is 0. The molecule has 1 aromatic rings. The molecule has 0 spiro atoms. The van der Waals surface area contributed by atoms with Gasteiger partial charge in [-0.2, -0.15) is 0 Å². The van der Waals surface area contributed by atoms with Gasteiger partial charge in [-0.1, -0.05) is 41.5 Å². The van der Waals surface area contributed by atoms with Gasteiger partial charge in [0, 0.05) is 13.1 Å². The number of benzene rings is 1. The van der Waals surface area contributed by atoms with E-state index in [0.29, 0.717) is 22.9 Å². The largest absolute Gasteiger partial charge is 0.364 e. The van der Waals surface area contributed by atoms with E-state index in [0.717, 1.165) is 13.1 Å². The lowest BCUT2D eigenvalue weighted by Crippen LogP contribution is -2.61. The molecule has 1 heterocycles. The zero-order valence-electron chi connectivity index (χ0n) is 17.7. The van der Waals surface area contributed by atoms with Crippen molar-refractivity contribution in [2.24, 2.45) is 10.8 Å². The highest BCUT2D eigenvalue weighted by atomic mass is 15.3. The van der Waals surface area contributed by atoms with Crippen molar-refractivity contribution in [3.05, 3.63) is 23.3 Å². The first-order valence-corrected chi connectivity index (χ1v) is 10.3. The van der Waals surface area contributed by atoms with Gasteiger partial charge in [0.1, 0.15) is 0 Å². The summed E-state index contributed by atoms with van der Waals surface area (Å²) in [5.41, 5.74) is 6.47. The van der Waals surface area contributed by atoms with Crippen molar-refractivity contribution in [2.45, 2.75) is 86.7 Å². The van der Waals surface area contributed by atoms with Gasteiger partial charge in [-0.3, -0.25) is 0 Å². The van der Waals surface area contributed by atoms with Crippen molar-refractivity contribution < 1.29 is 0 Å². The van der Waals surface area contributed by atoms with E-state index < -0.39 is 0 Å². The van der Waals surface area contributed by atoms with Crippen LogP contribution < -0.4 is 9.80 Å². The van der Waals surface area contributed by atoms with Gasteiger partial charge in [-0.05, 0) is 67.2 Å². The Balaban J connectivity index is 2.24. The molecule has 1 saturated carbocycles. The van der Waals surface area contributed by atoms with Crippen LogP contribution in [0.1, 0.15) is 71.9 Å². The molecule has 1 aliphatic heterocycles. The van der Waals surface area contributed by atoms with Crippen LogP contribution in [-0.2, 0) is 0 Å². The molecule has 3 rings (SSSR count). The SMILES string of the molecule is CCCN1c2cc(C)c(C)cc2N(CCC)[C@@H]2[C@H]1C(C)(C)CC2(C)C. The lowest BCUT2D eigenvalue weighted by molar-refractivity contribution is 0.285. The molecule has 2 nitrogen and oxygen atoms in total. The smallest absolute Gasteiger partial charge is 0.0610 e. The number of nitrogens with zero attached hydrogens (tertiary/aromatic N) is 2. The molecular formula is C23H38N2. The molecule has 2 atom stereocenters. The van der Waals surface area contributed by atoms with Crippen molar-refractivity contribution in [3.63, 3.8) is 0 Å². The fraction of sp³-hybridized carbons (Fsp3) is 0.739. The molecule has 140 valence electrons. The predicted octanol–water partition coefficient (Wildman–Crippen LogP) is 5.94. The standard InChI is InChI=1S/C23H38N2/c1-9-11-24-18-13-16(3)17(4)14-19(18)25(12-10-2)21-20(24)22(5,6)15-23(21,7)8/h13-14,20-21H,9-12,15H2,1-8H3/t20-,21+. The van der Waals surface area contributed by atoms with Gasteiger partial charge >= 0.3 is 0 Å². The Morgan fingerprint density at radius 1 is 0.800 bits per heavy atom. The first kappa shape index (κ1) is 18.6. The lowest BCUT2D eigenvalue weighted by atomic mass is 9.82. The summed E-state index contributed by atoms with van der Waals surface area (Å²) in [6.45, 7) is 21.5. The number of hydrogen-bond acceptors (Lipinski definition) is 2. The van der Waals surface area contributed by atoms with E-state index in [-0.39, 0.29) is 0 Å². The van der Waals surface area contributed by atoms with Gasteiger partial charge in [0.15, 0.2) is 0 Å². The molecule has 1 fully saturated rings. The Hall–Kier alpha value is -1.18. The zero-order chi connectivity index (χ0) is 18.6. The van der Waals surface area contributed by atoms with Crippen LogP contribution in [0, 0.1) is 24.7 Å². The van der Waals surface area contributed by atoms with Crippen LogP contribution in [-0.4, -0.2) is 25.2 Å². The van der Waals surface area contributed by atoms with Gasteiger partial charge in [-0.15, -0.1) is 0 Å². The normalized spacial score (nSPS) is 26.6. The van der Waals surface area contributed by atoms with E-state index in [1.54, 1.807) is 0 Å². The van der Waals surface area contributed by atoms with Crippen LogP contribution >= 0.6 is 0 Å². The van der Waals surface area contributed by atoms with Crippen molar-refractivity contribution in [2.75, 3.05) is 22.9 Å². The van der Waals surface area contributed by atoms with Crippen molar-refractivity contribution in [1.82, 2.24) is 0 Å². The van der Waals surface area contributed by atoms with Crippen LogP contribution in [0.2, 0.25) is 0 Å². The highest BCUT2D eigenvalue weighted by Crippen LogP contribution is 2.58. The van der Waals surface area contributed by atoms with E-state index in [4.69, 9.17) is 0 Å². The molecule has 0 amide bonds. The Kier molecular flexibility index (Phi) is 4.62. The summed E-state index contributed by atoms with van der Waals surface area (Å²) in [5, 5.41) is 0. The topological polar surface area (TPSA) is 6.48 Å². The second-order valence-electron chi connectivity index (χ2n) is 9.86. The van der Waals surface area contributed by atoms with E-state index in [2.05, 4.69) is 77.3 Å². The van der Waals surface area contributed by atoms with Gasteiger partial charge in [0.05, 0.1) is 23.5 Å². The Labute approximate surface area is 155 Å². The molecular weight excluding hydrogens is 304 g/mol. The van der Waals surface area contributed by atoms with E-state index >= 15 is 0 Å². The second-order valence-corrected chi connectivity index (χ2v) is 9.86. The van der Waals surface area contributed by atoms with Crippen molar-refractivity contribution >= 4 is 11.4 Å². The third-order valence-electron chi connectivity index (χ3n) is 6.62. The van der Waals surface area contributed by atoms with E-state index in [1.807, 2.05) is 0 Å². The van der Waals surface area contributed by atoms with Gasteiger partial charge < -0.3 is 9.80 Å². The number of hydrogen-bond donors (Lipinski definition) is 0. The minimum atomic E-state index is 0.339. The lowest BCUT2D eigenvalue weighted by Gasteiger charge is -2.53. The fourth-order valence-electron chi connectivity index (χ4n) is 5.97. The first-order chi connectivity index (χ1) is 11.6. The Morgan fingerprint density at radius 2 is 1.16 bits per heavy atom. The maximum absolute atomic E-state index is 2.77. The molecule has 0 unspecified atom stereocenters. The second kappa shape index (κ2) is 6.21. The van der Waals surface area contributed by atoms with Gasteiger partial charge in [-0.25, -0.2) is 0 Å². The molecule has 1 aliphatic carbocycles. The van der Waals surface area contributed by atoms with Crippen LogP contribution in [0.3, 0.4) is 0 Å². The number of fused-ring (bicyclic) bond motifs is 2. The zero-order valence-corrected chi connectivity index (χ0v) is 17.7. The molecule has 0 aromatic heterocycles. The van der Waals surface area contributed by atoms with Crippen molar-refractivity contribution in [1.29, 1.82) is 0 Å². The van der Waals surface area contributed by atoms with E-state index in [1.165, 1.54) is 41.8 Å². The number of anilines is 2. The van der Waals surface area contributed by atoms with Crippen LogP contribution in [0.25, 0.3) is 0 Å². The van der Waals surface area contributed by atoms with Gasteiger partial charge in [0.25, 0.3) is 0 Å². The van der Waals surface area contributed by atoms with Crippen LogP contribution in [0.5, 0.6) is 0 Å². The molecule has 2 aliphatic rings. The Bertz CT molecular complexity index is 589. The molecule has 0 radical (unpaired) electrons. The Morgan fingerprint density at radius 3 is 1.48 bits per heavy atom. The number of aryl methyl sites for hydroxylation is 2. The third-order valence-corrected chi connectivity index (χ3v) is 6.62. The summed E-state index contributed by atoms with van der Waals surface area (Å²) >= 11 is 0. The highest BCUT2D eigenvalue weighted by molar-refractivity contribution is 5.77. The quantitative estimate of drug-likeness (QED) is 0.668. The fourth-order valence-corrected chi connectivity index (χ4v) is 5.97. The van der Waals surface area contributed by atoms with Gasteiger partial charge in [0.2, 0.25) is 0 Å². The summed E-state index contributed by atoms with van der Waals surface area (Å²) < 4.78 is 0. The van der Waals surface area contributed by atoms with Crippen LogP contribution in [0.15, 0.2) is 12.1 Å². The highest BCUT2D eigenvalue weighted by Gasteiger charge is 2.58. The minimum Gasteiger partial charge on any atom is -0.364 e. The average Bonchev–Trinajstić information content (AvgIpc) is 2.69. The average molecular weight is 343 g/mol. The summed E-state index contributed by atoms with van der Waals surface area (Å²) in [4.78, 5) is 5.54. The molecule has 0 bridgehead atoms. The maximum Gasteiger partial charge on any atom is 0.0610 e. The summed E-state index contributed by atoms with van der Waals surface area (Å²) in [6.07, 6.45) is 3.71. The molecule has 0 N–H and O–H groups in total. The molecule has 25 heavy (non-hydrogen) atoms. The minimum absolute atomic E-state index is 0.339. The third kappa shape index (κ3) is 2.86. The summed E-state index contributed by atoms with van der Waals surface area (Å²) in [5.74, 6) is 0. The summed E-state index contributed by atoms with van der Waals surface area (Å²) in [6, 6.07) is 6.12. The molecule has 2 heteroatoms. The predicted molar refractivity (Wildman–Crippen MR) is 111 cm³/mol. The molecule has 0 saturated heterocycles. The van der Waals surface area contributed by atoms with E-state index in [9.17, 15) is 0 Å². The first-order valence-electron chi connectivity index (χ1n) is 10.3. The maximum atomic E-state index is 2.77. The monoisotopic (exact) mass is 342 g/mol. The molecule has 1 aromatic carbocycles. The van der Waals surface area contributed by atoms with Crippen molar-refractivity contribution in [3.8, 4) is 0 Å². The van der Waals surface area contributed by atoms with Crippen LogP contribution in [0.4, 0.5) is 11.4 Å².